The first-order chi connectivity index (χ1) is 14.5. The topological polar surface area (TPSA) is 102 Å². The lowest BCUT2D eigenvalue weighted by Crippen LogP contribution is -2.20. The SMILES string of the molecule is COc1cc(/C=N/NC(=O)c2ccco2)ccc1OCC(=O)Nc1cccc(C)c1. The summed E-state index contributed by atoms with van der Waals surface area (Å²) in [4.78, 5) is 23.9. The first-order valence-corrected chi connectivity index (χ1v) is 9.09. The number of carbonyl (C=O) groups excluding carboxylic acids is 2. The van der Waals surface area contributed by atoms with Gasteiger partial charge in [0.05, 0.1) is 19.6 Å². The molecule has 3 aromatic rings. The number of rotatable bonds is 8. The third-order valence-corrected chi connectivity index (χ3v) is 3.97. The fraction of sp³-hybridized carbons (Fsp3) is 0.136. The highest BCUT2D eigenvalue weighted by atomic mass is 16.5. The van der Waals surface area contributed by atoms with Crippen LogP contribution in [0.4, 0.5) is 5.69 Å². The van der Waals surface area contributed by atoms with Gasteiger partial charge in [-0.2, -0.15) is 5.10 Å². The Kier molecular flexibility index (Phi) is 6.83. The number of hydrogen-bond acceptors (Lipinski definition) is 6. The Labute approximate surface area is 173 Å². The Morgan fingerprint density at radius 2 is 1.97 bits per heavy atom. The van der Waals surface area contributed by atoms with Crippen molar-refractivity contribution in [2.75, 3.05) is 19.0 Å². The molecule has 0 radical (unpaired) electrons. The van der Waals surface area contributed by atoms with E-state index < -0.39 is 5.91 Å². The molecule has 2 N–H and O–H groups in total. The van der Waals surface area contributed by atoms with Crippen molar-refractivity contribution in [3.63, 3.8) is 0 Å². The van der Waals surface area contributed by atoms with Crippen molar-refractivity contribution >= 4 is 23.7 Å². The van der Waals surface area contributed by atoms with E-state index in [0.29, 0.717) is 22.7 Å². The lowest BCUT2D eigenvalue weighted by molar-refractivity contribution is -0.118. The molecule has 0 aliphatic carbocycles. The van der Waals surface area contributed by atoms with E-state index in [0.717, 1.165) is 5.56 Å². The normalized spacial score (nSPS) is 10.6. The summed E-state index contributed by atoms with van der Waals surface area (Å²) in [6, 6.07) is 15.7. The quantitative estimate of drug-likeness (QED) is 0.440. The third kappa shape index (κ3) is 5.71. The third-order valence-electron chi connectivity index (χ3n) is 3.97. The molecule has 8 nitrogen and oxygen atoms in total. The molecule has 1 aromatic heterocycles. The summed E-state index contributed by atoms with van der Waals surface area (Å²) >= 11 is 0. The average molecular weight is 407 g/mol. The van der Waals surface area contributed by atoms with Gasteiger partial charge in [-0.05, 0) is 60.5 Å². The predicted molar refractivity (Wildman–Crippen MR) is 112 cm³/mol. The van der Waals surface area contributed by atoms with Crippen LogP contribution in [0, 0.1) is 6.92 Å². The zero-order valence-electron chi connectivity index (χ0n) is 16.5. The number of amides is 2. The van der Waals surface area contributed by atoms with Crippen LogP contribution in [0.15, 0.2) is 70.4 Å². The molecule has 8 heteroatoms. The van der Waals surface area contributed by atoms with Crippen LogP contribution in [0.1, 0.15) is 21.7 Å². The van der Waals surface area contributed by atoms with Crippen molar-refractivity contribution in [2.24, 2.45) is 5.10 Å². The number of furan rings is 1. The van der Waals surface area contributed by atoms with Gasteiger partial charge in [0.15, 0.2) is 23.9 Å². The number of benzene rings is 2. The zero-order valence-corrected chi connectivity index (χ0v) is 16.5. The number of hydrogen-bond donors (Lipinski definition) is 2. The Bertz CT molecular complexity index is 1040. The van der Waals surface area contributed by atoms with E-state index in [-0.39, 0.29) is 18.3 Å². The van der Waals surface area contributed by atoms with E-state index >= 15 is 0 Å². The second-order valence-corrected chi connectivity index (χ2v) is 6.29. The molecule has 1 heterocycles. The number of aryl methyl sites for hydroxylation is 1. The first-order valence-electron chi connectivity index (χ1n) is 9.09. The van der Waals surface area contributed by atoms with E-state index in [2.05, 4.69) is 15.8 Å². The van der Waals surface area contributed by atoms with E-state index in [1.165, 1.54) is 25.7 Å². The fourth-order valence-corrected chi connectivity index (χ4v) is 2.58. The molecule has 0 saturated heterocycles. The molecule has 0 aliphatic rings. The van der Waals surface area contributed by atoms with Gasteiger partial charge in [0, 0.05) is 5.69 Å². The average Bonchev–Trinajstić information content (AvgIpc) is 3.27. The van der Waals surface area contributed by atoms with Gasteiger partial charge < -0.3 is 19.2 Å². The summed E-state index contributed by atoms with van der Waals surface area (Å²) in [7, 11) is 1.49. The number of carbonyl (C=O) groups is 2. The van der Waals surface area contributed by atoms with Crippen molar-refractivity contribution in [1.82, 2.24) is 5.43 Å². The molecule has 0 saturated carbocycles. The zero-order chi connectivity index (χ0) is 21.3. The highest BCUT2D eigenvalue weighted by Crippen LogP contribution is 2.27. The van der Waals surface area contributed by atoms with Gasteiger partial charge in [0.25, 0.3) is 5.91 Å². The fourth-order valence-electron chi connectivity index (χ4n) is 2.58. The van der Waals surface area contributed by atoms with Crippen LogP contribution in [0.3, 0.4) is 0 Å². The summed E-state index contributed by atoms with van der Waals surface area (Å²) in [6.45, 7) is 1.78. The second kappa shape index (κ2) is 9.92. The van der Waals surface area contributed by atoms with Crippen LogP contribution >= 0.6 is 0 Å². The van der Waals surface area contributed by atoms with Gasteiger partial charge in [-0.15, -0.1) is 0 Å². The second-order valence-electron chi connectivity index (χ2n) is 6.29. The summed E-state index contributed by atoms with van der Waals surface area (Å²) in [6.07, 6.45) is 2.86. The maximum absolute atomic E-state index is 12.1. The van der Waals surface area contributed by atoms with Crippen LogP contribution in [-0.4, -0.2) is 31.7 Å². The van der Waals surface area contributed by atoms with E-state index in [9.17, 15) is 9.59 Å². The molecule has 2 aromatic carbocycles. The van der Waals surface area contributed by atoms with Gasteiger partial charge in [0.2, 0.25) is 0 Å². The van der Waals surface area contributed by atoms with Gasteiger partial charge in [-0.1, -0.05) is 12.1 Å². The number of methoxy groups -OCH3 is 1. The molecule has 3 rings (SSSR count). The lowest BCUT2D eigenvalue weighted by atomic mass is 10.2. The highest BCUT2D eigenvalue weighted by molar-refractivity contribution is 5.93. The number of hydrazone groups is 1. The minimum Gasteiger partial charge on any atom is -0.493 e. The Balaban J connectivity index is 1.56. The lowest BCUT2D eigenvalue weighted by Gasteiger charge is -2.11. The monoisotopic (exact) mass is 407 g/mol. The standard InChI is InChI=1S/C22H21N3O5/c1-15-5-3-6-17(11-15)24-21(26)14-30-18-9-8-16(12-20(18)28-2)13-23-25-22(27)19-7-4-10-29-19/h3-13H,14H2,1-2H3,(H,24,26)(H,25,27)/b23-13+. The van der Waals surface area contributed by atoms with Crippen LogP contribution in [0.2, 0.25) is 0 Å². The molecular weight excluding hydrogens is 386 g/mol. The smallest absolute Gasteiger partial charge is 0.307 e. The predicted octanol–water partition coefficient (Wildman–Crippen LogP) is 3.38. The molecule has 0 aliphatic heterocycles. The minimum atomic E-state index is -0.456. The van der Waals surface area contributed by atoms with E-state index in [1.807, 2.05) is 31.2 Å². The Morgan fingerprint density at radius 1 is 1.10 bits per heavy atom. The molecule has 154 valence electrons. The van der Waals surface area contributed by atoms with Crippen LogP contribution in [0.5, 0.6) is 11.5 Å². The first kappa shape index (κ1) is 20.7. The number of nitrogens with one attached hydrogen (secondary N) is 2. The van der Waals surface area contributed by atoms with Gasteiger partial charge in [0.1, 0.15) is 0 Å². The van der Waals surface area contributed by atoms with Crippen molar-refractivity contribution in [3.05, 3.63) is 77.7 Å². The maximum Gasteiger partial charge on any atom is 0.307 e. The van der Waals surface area contributed by atoms with Crippen LogP contribution in [-0.2, 0) is 4.79 Å². The van der Waals surface area contributed by atoms with Gasteiger partial charge in [-0.3, -0.25) is 9.59 Å². The molecular formula is C22H21N3O5. The van der Waals surface area contributed by atoms with Crippen molar-refractivity contribution in [2.45, 2.75) is 6.92 Å². The molecule has 0 atom stereocenters. The van der Waals surface area contributed by atoms with Crippen molar-refractivity contribution in [1.29, 1.82) is 0 Å². The Hall–Kier alpha value is -4.07. The summed E-state index contributed by atoms with van der Waals surface area (Å²) in [5.41, 5.74) is 4.79. The molecule has 0 fully saturated rings. The maximum atomic E-state index is 12.1. The van der Waals surface area contributed by atoms with E-state index in [1.54, 1.807) is 24.3 Å². The molecule has 30 heavy (non-hydrogen) atoms. The molecule has 2 amide bonds. The van der Waals surface area contributed by atoms with Crippen LogP contribution in [0.25, 0.3) is 0 Å². The number of nitrogens with zero attached hydrogens (tertiary/aromatic N) is 1. The van der Waals surface area contributed by atoms with Crippen LogP contribution < -0.4 is 20.2 Å². The summed E-state index contributed by atoms with van der Waals surface area (Å²) in [5.74, 6) is 0.266. The minimum absolute atomic E-state index is 0.164. The Morgan fingerprint density at radius 3 is 2.70 bits per heavy atom. The van der Waals surface area contributed by atoms with Gasteiger partial charge in [-0.25, -0.2) is 5.43 Å². The summed E-state index contributed by atoms with van der Waals surface area (Å²) < 4.78 is 15.9. The number of ether oxygens (including phenoxy) is 2. The number of anilines is 1. The van der Waals surface area contributed by atoms with Gasteiger partial charge >= 0.3 is 5.91 Å². The van der Waals surface area contributed by atoms with Crippen molar-refractivity contribution in [3.8, 4) is 11.5 Å². The molecule has 0 unspecified atom stereocenters. The molecule has 0 spiro atoms. The highest BCUT2D eigenvalue weighted by Gasteiger charge is 2.09. The van der Waals surface area contributed by atoms with E-state index in [4.69, 9.17) is 13.9 Å². The largest absolute Gasteiger partial charge is 0.493 e. The molecule has 0 bridgehead atoms. The van der Waals surface area contributed by atoms with Crippen molar-refractivity contribution < 1.29 is 23.5 Å². The summed E-state index contributed by atoms with van der Waals surface area (Å²) in [5, 5.41) is 6.66.